The highest BCUT2D eigenvalue weighted by molar-refractivity contribution is 5.27. The van der Waals surface area contributed by atoms with Gasteiger partial charge in [-0.2, -0.15) is 0 Å². The van der Waals surface area contributed by atoms with Crippen molar-refractivity contribution in [1.29, 1.82) is 0 Å². The first-order valence-electron chi connectivity index (χ1n) is 6.32. The molecule has 3 nitrogen and oxygen atoms in total. The summed E-state index contributed by atoms with van der Waals surface area (Å²) >= 11 is 0. The molecule has 0 aliphatic carbocycles. The molecule has 4 heteroatoms. The van der Waals surface area contributed by atoms with E-state index in [1.807, 2.05) is 6.92 Å². The molecule has 0 fully saturated rings. The molecule has 0 heterocycles. The van der Waals surface area contributed by atoms with Gasteiger partial charge in [0.25, 0.3) is 0 Å². The normalized spacial score (nSPS) is 14.3. The van der Waals surface area contributed by atoms with E-state index in [1.54, 1.807) is 19.1 Å². The van der Waals surface area contributed by atoms with E-state index in [9.17, 15) is 9.50 Å². The molecule has 0 bridgehead atoms. The van der Waals surface area contributed by atoms with Gasteiger partial charge in [-0.1, -0.05) is 13.0 Å². The Balaban J connectivity index is 2.36. The monoisotopic (exact) mass is 255 g/mol. The van der Waals surface area contributed by atoms with Gasteiger partial charge in [-0.25, -0.2) is 4.39 Å². The fourth-order valence-corrected chi connectivity index (χ4v) is 1.68. The first-order valence-corrected chi connectivity index (χ1v) is 6.32. The smallest absolute Gasteiger partial charge is 0.129 e. The Hall–Kier alpha value is -1.13. The number of rotatable bonds is 7. The van der Waals surface area contributed by atoms with E-state index in [4.69, 9.17) is 10.5 Å². The van der Waals surface area contributed by atoms with Gasteiger partial charge in [-0.05, 0) is 37.8 Å². The molecule has 0 saturated heterocycles. The highest BCUT2D eigenvalue weighted by atomic mass is 19.1. The van der Waals surface area contributed by atoms with Gasteiger partial charge in [0, 0.05) is 12.6 Å². The fourth-order valence-electron chi connectivity index (χ4n) is 1.68. The minimum atomic E-state index is -0.804. The molecule has 0 saturated carbocycles. The van der Waals surface area contributed by atoms with Gasteiger partial charge in [0.1, 0.15) is 11.6 Å². The lowest BCUT2D eigenvalue weighted by Gasteiger charge is -2.24. The van der Waals surface area contributed by atoms with Crippen molar-refractivity contribution in [2.24, 2.45) is 5.73 Å². The van der Waals surface area contributed by atoms with Crippen LogP contribution in [0.3, 0.4) is 0 Å². The van der Waals surface area contributed by atoms with Crippen LogP contribution in [0.1, 0.15) is 31.7 Å². The highest BCUT2D eigenvalue weighted by Gasteiger charge is 2.21. The molecule has 3 N–H and O–H groups in total. The number of hydrogen-bond acceptors (Lipinski definition) is 3. The fraction of sp³-hybridized carbons (Fsp3) is 0.571. The van der Waals surface area contributed by atoms with Crippen LogP contribution < -0.4 is 10.5 Å². The van der Waals surface area contributed by atoms with Gasteiger partial charge >= 0.3 is 0 Å². The van der Waals surface area contributed by atoms with Crippen LogP contribution in [0.25, 0.3) is 0 Å². The molecule has 0 spiro atoms. The van der Waals surface area contributed by atoms with Crippen molar-refractivity contribution >= 4 is 0 Å². The van der Waals surface area contributed by atoms with Gasteiger partial charge in [0.2, 0.25) is 0 Å². The van der Waals surface area contributed by atoms with Gasteiger partial charge < -0.3 is 15.6 Å². The number of ether oxygens (including phenoxy) is 1. The molecule has 1 unspecified atom stereocenters. The zero-order valence-corrected chi connectivity index (χ0v) is 11.1. The van der Waals surface area contributed by atoms with E-state index in [2.05, 4.69) is 0 Å². The maximum absolute atomic E-state index is 13.3. The number of halogens is 1. The summed E-state index contributed by atoms with van der Waals surface area (Å²) < 4.78 is 18.7. The predicted octanol–water partition coefficient (Wildman–Crippen LogP) is 2.39. The summed E-state index contributed by atoms with van der Waals surface area (Å²) in [4.78, 5) is 0. The van der Waals surface area contributed by atoms with Crippen molar-refractivity contribution in [3.05, 3.63) is 29.6 Å². The molecule has 102 valence electrons. The summed E-state index contributed by atoms with van der Waals surface area (Å²) in [7, 11) is 0. The van der Waals surface area contributed by atoms with Crippen molar-refractivity contribution in [1.82, 2.24) is 0 Å². The van der Waals surface area contributed by atoms with E-state index in [0.29, 0.717) is 37.2 Å². The summed E-state index contributed by atoms with van der Waals surface area (Å²) in [6.45, 7) is 4.32. The van der Waals surface area contributed by atoms with E-state index in [-0.39, 0.29) is 12.4 Å². The molecule has 1 aromatic rings. The van der Waals surface area contributed by atoms with Gasteiger partial charge in [-0.3, -0.25) is 0 Å². The summed E-state index contributed by atoms with van der Waals surface area (Å²) in [6.07, 6.45) is 1.91. The Morgan fingerprint density at radius 2 is 2.17 bits per heavy atom. The van der Waals surface area contributed by atoms with Crippen LogP contribution in [-0.4, -0.2) is 23.9 Å². The lowest BCUT2D eigenvalue weighted by molar-refractivity contribution is 0.0309. The van der Waals surface area contributed by atoms with E-state index < -0.39 is 5.60 Å². The Bertz CT molecular complexity index is 378. The first kappa shape index (κ1) is 14.9. The van der Waals surface area contributed by atoms with Crippen molar-refractivity contribution in [2.75, 3.05) is 13.2 Å². The summed E-state index contributed by atoms with van der Waals surface area (Å²) in [5.41, 5.74) is 5.31. The third-order valence-corrected chi connectivity index (χ3v) is 3.24. The molecule has 0 radical (unpaired) electrons. The zero-order valence-electron chi connectivity index (χ0n) is 11.1. The summed E-state index contributed by atoms with van der Waals surface area (Å²) in [6, 6.07) is 4.81. The molecule has 0 aliphatic heterocycles. The molecule has 18 heavy (non-hydrogen) atoms. The molecule has 1 atom stereocenters. The molecule has 0 aliphatic rings. The Labute approximate surface area is 108 Å². The van der Waals surface area contributed by atoms with Crippen LogP contribution >= 0.6 is 0 Å². The second kappa shape index (κ2) is 6.71. The minimum absolute atomic E-state index is 0.253. The van der Waals surface area contributed by atoms with Gasteiger partial charge in [-0.15, -0.1) is 0 Å². The van der Waals surface area contributed by atoms with Crippen molar-refractivity contribution in [3.8, 4) is 5.75 Å². The minimum Gasteiger partial charge on any atom is -0.493 e. The van der Waals surface area contributed by atoms with Crippen molar-refractivity contribution in [3.63, 3.8) is 0 Å². The Morgan fingerprint density at radius 1 is 1.44 bits per heavy atom. The standard InChI is InChI=1S/C14H22FNO2/c1-3-14(17,10-16)7-4-8-18-12-6-5-11(2)13(15)9-12/h5-6,9,17H,3-4,7-8,10,16H2,1-2H3. The number of nitrogens with two attached hydrogens (primary N) is 1. The zero-order chi connectivity index (χ0) is 13.6. The maximum atomic E-state index is 13.3. The first-order chi connectivity index (χ1) is 8.50. The molecule has 1 aromatic carbocycles. The second-order valence-corrected chi connectivity index (χ2v) is 4.65. The largest absolute Gasteiger partial charge is 0.493 e. The summed E-state index contributed by atoms with van der Waals surface area (Å²) in [5, 5.41) is 9.97. The SMILES string of the molecule is CCC(O)(CN)CCCOc1ccc(C)c(F)c1. The average molecular weight is 255 g/mol. The lowest BCUT2D eigenvalue weighted by atomic mass is 9.95. The molecule has 0 aromatic heterocycles. The topological polar surface area (TPSA) is 55.5 Å². The lowest BCUT2D eigenvalue weighted by Crippen LogP contribution is -2.37. The number of benzene rings is 1. The van der Waals surface area contributed by atoms with E-state index in [1.165, 1.54) is 6.07 Å². The number of aliphatic hydroxyl groups is 1. The van der Waals surface area contributed by atoms with Crippen molar-refractivity contribution < 1.29 is 14.2 Å². The number of aryl methyl sites for hydroxylation is 1. The second-order valence-electron chi connectivity index (χ2n) is 4.65. The number of hydrogen-bond donors (Lipinski definition) is 2. The predicted molar refractivity (Wildman–Crippen MR) is 70.2 cm³/mol. The van der Waals surface area contributed by atoms with Crippen LogP contribution in [0.4, 0.5) is 4.39 Å². The third-order valence-electron chi connectivity index (χ3n) is 3.24. The summed E-state index contributed by atoms with van der Waals surface area (Å²) in [5.74, 6) is 0.255. The third kappa shape index (κ3) is 4.27. The quantitative estimate of drug-likeness (QED) is 0.736. The van der Waals surface area contributed by atoms with Gasteiger partial charge in [0.05, 0.1) is 12.2 Å². The molecular formula is C14H22FNO2. The van der Waals surface area contributed by atoms with Crippen LogP contribution in [-0.2, 0) is 0 Å². The average Bonchev–Trinajstić information content (AvgIpc) is 2.38. The van der Waals surface area contributed by atoms with Crippen LogP contribution in [0.5, 0.6) is 5.75 Å². The van der Waals surface area contributed by atoms with Gasteiger partial charge in [0.15, 0.2) is 0 Å². The van der Waals surface area contributed by atoms with Crippen LogP contribution in [0, 0.1) is 12.7 Å². The van der Waals surface area contributed by atoms with Crippen LogP contribution in [0.15, 0.2) is 18.2 Å². The Kier molecular flexibility index (Phi) is 5.56. The maximum Gasteiger partial charge on any atom is 0.129 e. The molecule has 0 amide bonds. The highest BCUT2D eigenvalue weighted by Crippen LogP contribution is 2.18. The van der Waals surface area contributed by atoms with E-state index >= 15 is 0 Å². The molecular weight excluding hydrogens is 233 g/mol. The van der Waals surface area contributed by atoms with Crippen LogP contribution in [0.2, 0.25) is 0 Å². The van der Waals surface area contributed by atoms with E-state index in [0.717, 1.165) is 0 Å². The molecule has 1 rings (SSSR count). The van der Waals surface area contributed by atoms with Crippen molar-refractivity contribution in [2.45, 2.75) is 38.7 Å². The Morgan fingerprint density at radius 3 is 2.72 bits per heavy atom.